The van der Waals surface area contributed by atoms with Crippen molar-refractivity contribution in [3.8, 4) is 0 Å². The van der Waals surface area contributed by atoms with Crippen molar-refractivity contribution in [2.45, 2.75) is 51.8 Å². The van der Waals surface area contributed by atoms with Crippen LogP contribution in [0, 0.1) is 5.92 Å². The summed E-state index contributed by atoms with van der Waals surface area (Å²) in [5.74, 6) is -1.33. The van der Waals surface area contributed by atoms with E-state index in [1.54, 1.807) is 0 Å². The summed E-state index contributed by atoms with van der Waals surface area (Å²) in [6, 6.07) is 8.58. The monoisotopic (exact) mass is 442 g/mol. The van der Waals surface area contributed by atoms with Crippen molar-refractivity contribution >= 4 is 17.8 Å². The van der Waals surface area contributed by atoms with Crippen LogP contribution in [0.15, 0.2) is 36.7 Å². The first kappa shape index (κ1) is 23.5. The lowest BCUT2D eigenvalue weighted by Gasteiger charge is -2.21. The van der Waals surface area contributed by atoms with Crippen molar-refractivity contribution in [3.63, 3.8) is 0 Å². The number of hydrogen-bond donors (Lipinski definition) is 4. The molecule has 1 aliphatic rings. The van der Waals surface area contributed by atoms with Crippen LogP contribution in [0.4, 0.5) is 0 Å². The number of benzene rings is 1. The Kier molecular flexibility index (Phi) is 8.38. The third kappa shape index (κ3) is 6.65. The average Bonchev–Trinajstić information content (AvgIpc) is 3.28. The number of aromatic nitrogens is 2. The molecule has 1 saturated heterocycles. The molecule has 0 aliphatic carbocycles. The van der Waals surface area contributed by atoms with Crippen molar-refractivity contribution in [1.82, 2.24) is 20.6 Å². The summed E-state index contributed by atoms with van der Waals surface area (Å²) in [7, 11) is 0. The van der Waals surface area contributed by atoms with E-state index >= 15 is 0 Å². The Morgan fingerprint density at radius 1 is 1.16 bits per heavy atom. The Balaban J connectivity index is 1.63. The van der Waals surface area contributed by atoms with Gasteiger partial charge in [-0.15, -0.1) is 0 Å². The number of amides is 2. The molecule has 1 fully saturated rings. The second-order valence-corrected chi connectivity index (χ2v) is 8.49. The fraction of sp³-hybridized carbons (Fsp3) is 0.478. The Morgan fingerprint density at radius 2 is 1.88 bits per heavy atom. The topological polar surface area (TPSA) is 130 Å². The van der Waals surface area contributed by atoms with Gasteiger partial charge in [-0.2, -0.15) is 0 Å². The number of H-pyrrole nitrogens is 1. The number of aromatic amines is 1. The first-order valence-electron chi connectivity index (χ1n) is 11.1. The standard InChI is InChI=1S/C23H31N5O4/c1-15(2)12-18(23(31)32-13-16-6-4-3-5-7-16)28-22(30)20-19(25-14-26-20)21(29)27-17-8-10-24-11-9-17/h3-7,14-15,17-18,24H,8-13H2,1-2H3,(H,25,26)(H,27,29)(H,28,30)/p+1/t18-/m0/s1. The number of nitrogens with zero attached hydrogens (tertiary/aromatic N) is 1. The summed E-state index contributed by atoms with van der Waals surface area (Å²) in [6.45, 7) is 5.96. The second kappa shape index (κ2) is 11.4. The number of hydrogen-bond acceptors (Lipinski definition) is 5. The molecule has 1 aromatic heterocycles. The molecule has 0 saturated carbocycles. The zero-order chi connectivity index (χ0) is 22.9. The Labute approximate surface area is 187 Å². The smallest absolute Gasteiger partial charge is 0.328 e. The Morgan fingerprint density at radius 3 is 2.56 bits per heavy atom. The van der Waals surface area contributed by atoms with Crippen LogP contribution in [-0.4, -0.2) is 52.9 Å². The molecule has 2 amide bonds. The number of esters is 1. The van der Waals surface area contributed by atoms with Crippen molar-refractivity contribution in [3.05, 3.63) is 53.6 Å². The van der Waals surface area contributed by atoms with Gasteiger partial charge in [-0.1, -0.05) is 44.2 Å². The zero-order valence-corrected chi connectivity index (χ0v) is 18.6. The molecular formula is C23H32N5O4+. The molecule has 1 aromatic carbocycles. The van der Waals surface area contributed by atoms with Crippen LogP contribution >= 0.6 is 0 Å². The fourth-order valence-electron chi connectivity index (χ4n) is 3.71. The maximum atomic E-state index is 12.9. The zero-order valence-electron chi connectivity index (χ0n) is 18.6. The third-order valence-corrected chi connectivity index (χ3v) is 5.38. The van der Waals surface area contributed by atoms with Gasteiger partial charge in [-0.3, -0.25) is 9.59 Å². The molecule has 172 valence electrons. The van der Waals surface area contributed by atoms with Crippen LogP contribution in [-0.2, 0) is 16.1 Å². The van der Waals surface area contributed by atoms with Crippen LogP contribution in [0.1, 0.15) is 59.7 Å². The van der Waals surface area contributed by atoms with E-state index in [-0.39, 0.29) is 35.9 Å². The molecule has 1 atom stereocenters. The molecule has 0 bridgehead atoms. The number of rotatable bonds is 9. The van der Waals surface area contributed by atoms with E-state index in [0.29, 0.717) is 6.42 Å². The molecule has 1 aliphatic heterocycles. The summed E-state index contributed by atoms with van der Waals surface area (Å²) in [6.07, 6.45) is 3.48. The van der Waals surface area contributed by atoms with Crippen LogP contribution in [0.5, 0.6) is 0 Å². The SMILES string of the molecule is CC(C)C[C@H](NC(=O)c1nc[nH]c1C(=O)NC1CC[NH2+]CC1)C(=O)OCc1ccccc1. The number of piperidine rings is 1. The van der Waals surface area contributed by atoms with E-state index in [1.165, 1.54) is 6.33 Å². The maximum absolute atomic E-state index is 12.9. The predicted octanol–water partition coefficient (Wildman–Crippen LogP) is 0.753. The van der Waals surface area contributed by atoms with Gasteiger partial charge >= 0.3 is 5.97 Å². The van der Waals surface area contributed by atoms with E-state index in [0.717, 1.165) is 31.5 Å². The minimum absolute atomic E-state index is 0.0329. The highest BCUT2D eigenvalue weighted by molar-refractivity contribution is 6.05. The molecule has 9 nitrogen and oxygen atoms in total. The quantitative estimate of drug-likeness (QED) is 0.426. The maximum Gasteiger partial charge on any atom is 0.328 e. The second-order valence-electron chi connectivity index (χ2n) is 8.49. The number of nitrogens with one attached hydrogen (secondary N) is 3. The number of carbonyl (C=O) groups excluding carboxylic acids is 3. The van der Waals surface area contributed by atoms with Gasteiger partial charge in [-0.25, -0.2) is 9.78 Å². The number of ether oxygens (including phenoxy) is 1. The highest BCUT2D eigenvalue weighted by atomic mass is 16.5. The van der Waals surface area contributed by atoms with E-state index < -0.39 is 17.9 Å². The van der Waals surface area contributed by atoms with E-state index in [1.807, 2.05) is 44.2 Å². The van der Waals surface area contributed by atoms with Gasteiger partial charge in [0.2, 0.25) is 0 Å². The van der Waals surface area contributed by atoms with Crippen molar-refractivity contribution in [1.29, 1.82) is 0 Å². The largest absolute Gasteiger partial charge is 0.459 e. The normalized spacial score (nSPS) is 15.2. The number of quaternary nitrogens is 1. The van der Waals surface area contributed by atoms with Gasteiger partial charge in [0.05, 0.1) is 19.4 Å². The van der Waals surface area contributed by atoms with Gasteiger partial charge in [0, 0.05) is 18.9 Å². The predicted molar refractivity (Wildman–Crippen MR) is 118 cm³/mol. The van der Waals surface area contributed by atoms with Gasteiger partial charge < -0.3 is 25.7 Å². The molecule has 9 heteroatoms. The van der Waals surface area contributed by atoms with E-state index in [4.69, 9.17) is 4.74 Å². The number of imidazole rings is 1. The summed E-state index contributed by atoms with van der Waals surface area (Å²) < 4.78 is 5.42. The van der Waals surface area contributed by atoms with E-state index in [2.05, 4.69) is 25.9 Å². The lowest BCUT2D eigenvalue weighted by molar-refractivity contribution is -0.663. The average molecular weight is 443 g/mol. The molecule has 2 aromatic rings. The summed E-state index contributed by atoms with van der Waals surface area (Å²) >= 11 is 0. The van der Waals surface area contributed by atoms with Gasteiger partial charge in [-0.05, 0) is 17.9 Å². The molecule has 3 rings (SSSR count). The number of nitrogens with two attached hydrogens (primary N) is 1. The highest BCUT2D eigenvalue weighted by Gasteiger charge is 2.28. The molecule has 0 spiro atoms. The lowest BCUT2D eigenvalue weighted by Crippen LogP contribution is -2.87. The minimum atomic E-state index is -0.840. The molecule has 0 radical (unpaired) electrons. The Hall–Kier alpha value is -3.20. The molecule has 5 N–H and O–H groups in total. The van der Waals surface area contributed by atoms with Crippen molar-refractivity contribution in [2.75, 3.05) is 13.1 Å². The molecule has 32 heavy (non-hydrogen) atoms. The van der Waals surface area contributed by atoms with Crippen LogP contribution in [0.2, 0.25) is 0 Å². The van der Waals surface area contributed by atoms with Crippen LogP contribution in [0.25, 0.3) is 0 Å². The first-order chi connectivity index (χ1) is 15.4. The summed E-state index contributed by atoms with van der Waals surface area (Å²) in [5.41, 5.74) is 0.925. The minimum Gasteiger partial charge on any atom is -0.459 e. The van der Waals surface area contributed by atoms with Crippen LogP contribution < -0.4 is 16.0 Å². The highest BCUT2D eigenvalue weighted by Crippen LogP contribution is 2.11. The molecule has 2 heterocycles. The third-order valence-electron chi connectivity index (χ3n) is 5.38. The van der Waals surface area contributed by atoms with Gasteiger partial charge in [0.15, 0.2) is 5.69 Å². The molecular weight excluding hydrogens is 410 g/mol. The Bertz CT molecular complexity index is 906. The van der Waals surface area contributed by atoms with Crippen molar-refractivity contribution < 1.29 is 24.4 Å². The van der Waals surface area contributed by atoms with Crippen LogP contribution in [0.3, 0.4) is 0 Å². The van der Waals surface area contributed by atoms with E-state index in [9.17, 15) is 14.4 Å². The van der Waals surface area contributed by atoms with Crippen molar-refractivity contribution in [2.24, 2.45) is 5.92 Å². The van der Waals surface area contributed by atoms with Gasteiger partial charge in [0.25, 0.3) is 11.8 Å². The molecule has 0 unspecified atom stereocenters. The fourth-order valence-corrected chi connectivity index (χ4v) is 3.71. The lowest BCUT2D eigenvalue weighted by atomic mass is 10.0. The summed E-state index contributed by atoms with van der Waals surface area (Å²) in [5, 5.41) is 7.88. The first-order valence-corrected chi connectivity index (χ1v) is 11.1. The number of carbonyl (C=O) groups is 3. The van der Waals surface area contributed by atoms with Gasteiger partial charge in [0.1, 0.15) is 18.3 Å². The summed E-state index contributed by atoms with van der Waals surface area (Å²) in [4.78, 5) is 45.1.